The predicted molar refractivity (Wildman–Crippen MR) is 93.3 cm³/mol. The molecule has 136 valence electrons. The monoisotopic (exact) mass is 347 g/mol. The van der Waals surface area contributed by atoms with Gasteiger partial charge in [0, 0.05) is 20.1 Å². The van der Waals surface area contributed by atoms with Crippen molar-refractivity contribution < 1.29 is 14.0 Å². The van der Waals surface area contributed by atoms with Crippen LogP contribution in [0.25, 0.3) is 0 Å². The Morgan fingerprint density at radius 3 is 2.56 bits per heavy atom. The van der Waals surface area contributed by atoms with E-state index in [0.717, 1.165) is 18.4 Å². The number of halogens is 1. The number of hydrogen-bond donors (Lipinski definition) is 1. The largest absolute Gasteiger partial charge is 0.348 e. The van der Waals surface area contributed by atoms with E-state index in [-0.39, 0.29) is 36.8 Å². The van der Waals surface area contributed by atoms with Crippen LogP contribution >= 0.6 is 0 Å². The summed E-state index contributed by atoms with van der Waals surface area (Å²) in [5, 5.41) is 3.14. The molecule has 0 spiro atoms. The zero-order valence-corrected chi connectivity index (χ0v) is 14.7. The van der Waals surface area contributed by atoms with Crippen molar-refractivity contribution in [3.63, 3.8) is 0 Å². The van der Waals surface area contributed by atoms with Gasteiger partial charge in [-0.2, -0.15) is 0 Å². The van der Waals surface area contributed by atoms with Gasteiger partial charge in [-0.05, 0) is 36.5 Å². The van der Waals surface area contributed by atoms with Gasteiger partial charge in [-0.15, -0.1) is 0 Å². The second-order valence-corrected chi connectivity index (χ2v) is 7.17. The number of nitrogens with zero attached hydrogens (tertiary/aromatic N) is 2. The van der Waals surface area contributed by atoms with Crippen LogP contribution in [0.2, 0.25) is 0 Å². The topological polar surface area (TPSA) is 52.6 Å². The first kappa shape index (κ1) is 17.9. The van der Waals surface area contributed by atoms with Crippen LogP contribution in [0.4, 0.5) is 4.39 Å². The fraction of sp³-hybridized carbons (Fsp3) is 0.579. The summed E-state index contributed by atoms with van der Waals surface area (Å²) in [6, 6.07) is 6.33. The summed E-state index contributed by atoms with van der Waals surface area (Å²) in [6.45, 7) is 1.87. The Balaban J connectivity index is 1.64. The van der Waals surface area contributed by atoms with E-state index in [4.69, 9.17) is 0 Å². The number of benzene rings is 1. The average molecular weight is 347 g/mol. The second kappa shape index (κ2) is 7.95. The van der Waals surface area contributed by atoms with Crippen LogP contribution in [0.3, 0.4) is 0 Å². The van der Waals surface area contributed by atoms with Crippen molar-refractivity contribution in [2.75, 3.05) is 33.2 Å². The molecule has 1 saturated carbocycles. The minimum Gasteiger partial charge on any atom is -0.348 e. The molecule has 2 fully saturated rings. The van der Waals surface area contributed by atoms with E-state index in [1.807, 2.05) is 4.90 Å². The fourth-order valence-corrected chi connectivity index (χ4v) is 3.80. The van der Waals surface area contributed by atoms with Crippen LogP contribution in [0.5, 0.6) is 0 Å². The molecule has 1 aromatic carbocycles. The van der Waals surface area contributed by atoms with E-state index in [0.29, 0.717) is 19.0 Å². The molecular formula is C19H26FN3O2. The Labute approximate surface area is 148 Å². The maximum atomic E-state index is 13.2. The van der Waals surface area contributed by atoms with Gasteiger partial charge in [0.2, 0.25) is 11.8 Å². The van der Waals surface area contributed by atoms with Gasteiger partial charge in [-0.1, -0.05) is 25.0 Å². The SMILES string of the molecule is CN1CCN(CC(=O)NC(c2ccc(F)cc2)C2CCCC2)CC1=O. The van der Waals surface area contributed by atoms with E-state index >= 15 is 0 Å². The minimum atomic E-state index is -0.267. The highest BCUT2D eigenvalue weighted by atomic mass is 19.1. The third-order valence-electron chi connectivity index (χ3n) is 5.32. The van der Waals surface area contributed by atoms with E-state index in [1.54, 1.807) is 24.1 Å². The van der Waals surface area contributed by atoms with Gasteiger partial charge < -0.3 is 10.2 Å². The third-order valence-corrected chi connectivity index (χ3v) is 5.32. The zero-order chi connectivity index (χ0) is 17.8. The molecule has 2 aliphatic rings. The lowest BCUT2D eigenvalue weighted by atomic mass is 9.91. The molecule has 0 radical (unpaired) electrons. The molecule has 1 saturated heterocycles. The Kier molecular flexibility index (Phi) is 5.68. The first-order chi connectivity index (χ1) is 12.0. The van der Waals surface area contributed by atoms with E-state index in [1.165, 1.54) is 25.0 Å². The van der Waals surface area contributed by atoms with Crippen molar-refractivity contribution in [2.45, 2.75) is 31.7 Å². The highest BCUT2D eigenvalue weighted by Crippen LogP contribution is 2.35. The Morgan fingerprint density at radius 2 is 1.92 bits per heavy atom. The molecule has 1 heterocycles. The van der Waals surface area contributed by atoms with Crippen LogP contribution < -0.4 is 5.32 Å². The van der Waals surface area contributed by atoms with Crippen molar-refractivity contribution in [1.82, 2.24) is 15.1 Å². The summed E-state index contributed by atoms with van der Waals surface area (Å²) in [6.07, 6.45) is 4.50. The highest BCUT2D eigenvalue weighted by molar-refractivity contribution is 5.82. The summed E-state index contributed by atoms with van der Waals surface area (Å²) < 4.78 is 13.2. The van der Waals surface area contributed by atoms with Crippen LogP contribution in [-0.4, -0.2) is 54.8 Å². The van der Waals surface area contributed by atoms with Crippen LogP contribution in [0.15, 0.2) is 24.3 Å². The molecule has 0 aromatic heterocycles. The zero-order valence-electron chi connectivity index (χ0n) is 14.7. The third kappa shape index (κ3) is 4.57. The Morgan fingerprint density at radius 1 is 1.24 bits per heavy atom. The molecule has 1 aromatic rings. The molecule has 1 aliphatic carbocycles. The molecule has 1 N–H and O–H groups in total. The molecule has 6 heteroatoms. The molecule has 3 rings (SSSR count). The summed E-state index contributed by atoms with van der Waals surface area (Å²) in [5.74, 6) is 0.100. The van der Waals surface area contributed by atoms with Gasteiger partial charge in [0.1, 0.15) is 5.82 Å². The number of amides is 2. The minimum absolute atomic E-state index is 0.0462. The Bertz CT molecular complexity index is 614. The number of carbonyl (C=O) groups is 2. The van der Waals surface area contributed by atoms with E-state index in [9.17, 15) is 14.0 Å². The fourth-order valence-electron chi connectivity index (χ4n) is 3.80. The number of hydrogen-bond acceptors (Lipinski definition) is 3. The van der Waals surface area contributed by atoms with E-state index in [2.05, 4.69) is 5.32 Å². The lowest BCUT2D eigenvalue weighted by Crippen LogP contribution is -2.51. The van der Waals surface area contributed by atoms with Crippen molar-refractivity contribution in [1.29, 1.82) is 0 Å². The maximum absolute atomic E-state index is 13.2. The summed E-state index contributed by atoms with van der Waals surface area (Å²) in [7, 11) is 1.78. The molecule has 2 amide bonds. The maximum Gasteiger partial charge on any atom is 0.236 e. The van der Waals surface area contributed by atoms with Gasteiger partial charge >= 0.3 is 0 Å². The standard InChI is InChI=1S/C19H26FN3O2/c1-22-10-11-23(13-18(22)25)12-17(24)21-19(14-4-2-3-5-14)15-6-8-16(20)9-7-15/h6-9,14,19H,2-5,10-13H2,1H3,(H,21,24). The molecule has 1 atom stereocenters. The molecule has 1 aliphatic heterocycles. The summed E-state index contributed by atoms with van der Waals surface area (Å²) in [5.41, 5.74) is 0.955. The summed E-state index contributed by atoms with van der Waals surface area (Å²) in [4.78, 5) is 27.9. The normalized spacial score (nSPS) is 20.7. The van der Waals surface area contributed by atoms with Crippen LogP contribution in [0.1, 0.15) is 37.3 Å². The van der Waals surface area contributed by atoms with Gasteiger partial charge in [0.25, 0.3) is 0 Å². The quantitative estimate of drug-likeness (QED) is 0.886. The molecule has 1 unspecified atom stereocenters. The van der Waals surface area contributed by atoms with Crippen LogP contribution in [0, 0.1) is 11.7 Å². The molecular weight excluding hydrogens is 321 g/mol. The first-order valence-electron chi connectivity index (χ1n) is 9.04. The van der Waals surface area contributed by atoms with Crippen molar-refractivity contribution in [3.05, 3.63) is 35.6 Å². The van der Waals surface area contributed by atoms with Crippen molar-refractivity contribution in [3.8, 4) is 0 Å². The molecule has 25 heavy (non-hydrogen) atoms. The lowest BCUT2D eigenvalue weighted by Gasteiger charge is -2.32. The lowest BCUT2D eigenvalue weighted by molar-refractivity contribution is -0.135. The predicted octanol–water partition coefficient (Wildman–Crippen LogP) is 1.95. The van der Waals surface area contributed by atoms with Gasteiger partial charge in [0.05, 0.1) is 19.1 Å². The first-order valence-corrected chi connectivity index (χ1v) is 9.04. The molecule has 5 nitrogen and oxygen atoms in total. The van der Waals surface area contributed by atoms with Crippen molar-refractivity contribution in [2.24, 2.45) is 5.92 Å². The number of carbonyl (C=O) groups excluding carboxylic acids is 2. The molecule has 0 bridgehead atoms. The van der Waals surface area contributed by atoms with Gasteiger partial charge in [-0.3, -0.25) is 14.5 Å². The van der Waals surface area contributed by atoms with Crippen LogP contribution in [-0.2, 0) is 9.59 Å². The number of nitrogens with one attached hydrogen (secondary N) is 1. The average Bonchev–Trinajstić information content (AvgIpc) is 3.11. The second-order valence-electron chi connectivity index (χ2n) is 7.17. The smallest absolute Gasteiger partial charge is 0.236 e. The van der Waals surface area contributed by atoms with Gasteiger partial charge in [0.15, 0.2) is 0 Å². The van der Waals surface area contributed by atoms with E-state index < -0.39 is 0 Å². The van der Waals surface area contributed by atoms with Gasteiger partial charge in [-0.25, -0.2) is 4.39 Å². The summed E-state index contributed by atoms with van der Waals surface area (Å²) >= 11 is 0. The number of rotatable bonds is 5. The Hall–Kier alpha value is -1.95. The highest BCUT2D eigenvalue weighted by Gasteiger charge is 2.29. The number of likely N-dealkylation sites (N-methyl/N-ethyl adjacent to an activating group) is 1. The van der Waals surface area contributed by atoms with Crippen molar-refractivity contribution >= 4 is 11.8 Å². The number of piperazine rings is 1.